The zero-order valence-corrected chi connectivity index (χ0v) is 19.3. The lowest BCUT2D eigenvalue weighted by molar-refractivity contribution is -0.0979. The van der Waals surface area contributed by atoms with Gasteiger partial charge in [-0.3, -0.25) is 0 Å². The molecule has 0 saturated carbocycles. The highest BCUT2D eigenvalue weighted by Crippen LogP contribution is 2.27. The molecular formula is C27H41N3O. The van der Waals surface area contributed by atoms with Crippen LogP contribution in [0.15, 0.2) is 54.6 Å². The Morgan fingerprint density at radius 3 is 2.16 bits per heavy atom. The Morgan fingerprint density at radius 2 is 1.45 bits per heavy atom. The highest BCUT2D eigenvalue weighted by molar-refractivity contribution is 5.77. The Hall–Kier alpha value is -2.17. The third kappa shape index (κ3) is 9.24. The fraction of sp³-hybridized carbons (Fsp3) is 0.519. The second-order valence-corrected chi connectivity index (χ2v) is 8.42. The van der Waals surface area contributed by atoms with E-state index < -0.39 is 0 Å². The van der Waals surface area contributed by atoms with Crippen LogP contribution in [0.3, 0.4) is 0 Å². The Balaban J connectivity index is 0.00000166. The molecule has 0 amide bonds. The summed E-state index contributed by atoms with van der Waals surface area (Å²) >= 11 is 0. The number of nitrogens with one attached hydrogen (secondary N) is 2. The lowest BCUT2D eigenvalue weighted by atomic mass is 10.0. The van der Waals surface area contributed by atoms with Crippen molar-refractivity contribution in [3.8, 4) is 11.1 Å². The summed E-state index contributed by atoms with van der Waals surface area (Å²) < 4.78 is 0. The summed E-state index contributed by atoms with van der Waals surface area (Å²) in [6.07, 6.45) is 12.2. The number of piperidine rings is 1. The van der Waals surface area contributed by atoms with E-state index in [1.165, 1.54) is 88.5 Å². The minimum atomic E-state index is 0.545. The van der Waals surface area contributed by atoms with Crippen molar-refractivity contribution in [1.29, 1.82) is 0 Å². The van der Waals surface area contributed by atoms with Gasteiger partial charge in [0.25, 0.3) is 0 Å². The molecule has 0 spiro atoms. The number of para-hydroxylation sites is 1. The zero-order valence-electron chi connectivity index (χ0n) is 19.3. The predicted octanol–water partition coefficient (Wildman–Crippen LogP) is 6.30. The van der Waals surface area contributed by atoms with E-state index in [4.69, 9.17) is 4.79 Å². The number of benzene rings is 2. The van der Waals surface area contributed by atoms with Crippen molar-refractivity contribution in [3.05, 3.63) is 54.6 Å². The average Bonchev–Trinajstić information content (AvgIpc) is 2.85. The van der Waals surface area contributed by atoms with Crippen LogP contribution in [0.2, 0.25) is 0 Å². The molecule has 170 valence electrons. The van der Waals surface area contributed by atoms with Crippen molar-refractivity contribution in [2.24, 2.45) is 0 Å². The van der Waals surface area contributed by atoms with Gasteiger partial charge in [-0.05, 0) is 50.5 Å². The van der Waals surface area contributed by atoms with Crippen molar-refractivity contribution < 1.29 is 4.79 Å². The lowest BCUT2D eigenvalue weighted by Gasteiger charge is -2.32. The topological polar surface area (TPSA) is 44.4 Å². The minimum Gasteiger partial charge on any atom is -0.321 e. The van der Waals surface area contributed by atoms with Crippen LogP contribution in [-0.4, -0.2) is 37.4 Å². The summed E-state index contributed by atoms with van der Waals surface area (Å²) in [4.78, 5) is 10.7. The molecule has 1 heterocycles. The molecule has 3 rings (SSSR count). The van der Waals surface area contributed by atoms with Gasteiger partial charge in [-0.1, -0.05) is 94.0 Å². The molecule has 2 aromatic carbocycles. The van der Waals surface area contributed by atoms with Gasteiger partial charge in [-0.25, -0.2) is 5.43 Å². The van der Waals surface area contributed by atoms with Gasteiger partial charge < -0.3 is 15.1 Å². The van der Waals surface area contributed by atoms with Crippen LogP contribution in [0.1, 0.15) is 64.7 Å². The van der Waals surface area contributed by atoms with Crippen LogP contribution in [-0.2, 0) is 4.79 Å². The quantitative estimate of drug-likeness (QED) is 0.310. The highest BCUT2D eigenvalue weighted by atomic mass is 16.1. The minimum absolute atomic E-state index is 0.545. The van der Waals surface area contributed by atoms with Crippen molar-refractivity contribution in [2.75, 3.05) is 25.1 Å². The summed E-state index contributed by atoms with van der Waals surface area (Å²) in [5.74, 6) is 0. The molecule has 0 aliphatic carbocycles. The molecule has 1 aliphatic heterocycles. The van der Waals surface area contributed by atoms with Crippen LogP contribution < -0.4 is 10.9 Å². The first kappa shape index (κ1) is 25.1. The molecule has 4 heteroatoms. The van der Waals surface area contributed by atoms with E-state index in [9.17, 15) is 0 Å². The molecule has 0 atom stereocenters. The van der Waals surface area contributed by atoms with Gasteiger partial charge in [0.15, 0.2) is 0 Å². The summed E-state index contributed by atoms with van der Waals surface area (Å²) in [6.45, 7) is 8.01. The summed E-state index contributed by atoms with van der Waals surface area (Å²) in [5.41, 5.74) is 10.7. The van der Waals surface area contributed by atoms with Gasteiger partial charge in [-0.15, -0.1) is 0 Å². The second kappa shape index (κ2) is 15.6. The van der Waals surface area contributed by atoms with Crippen LogP contribution in [0, 0.1) is 0 Å². The van der Waals surface area contributed by atoms with E-state index in [0.717, 1.165) is 5.69 Å². The average molecular weight is 424 g/mol. The summed E-state index contributed by atoms with van der Waals surface area (Å²) in [6, 6.07) is 19.7. The molecule has 2 aromatic rings. The van der Waals surface area contributed by atoms with Crippen molar-refractivity contribution in [1.82, 2.24) is 10.3 Å². The number of carbonyl (C=O) groups excluding carboxylic acids is 1. The first-order chi connectivity index (χ1) is 15.4. The Bertz CT molecular complexity index is 699. The molecule has 4 nitrogen and oxygen atoms in total. The number of carbonyl (C=O) groups is 1. The van der Waals surface area contributed by atoms with Crippen LogP contribution in [0.5, 0.6) is 0 Å². The van der Waals surface area contributed by atoms with E-state index in [1.807, 2.05) is 6.79 Å². The van der Waals surface area contributed by atoms with Gasteiger partial charge in [0.1, 0.15) is 6.79 Å². The number of rotatable bonds is 12. The number of anilines is 1. The Morgan fingerprint density at radius 1 is 0.839 bits per heavy atom. The third-order valence-corrected chi connectivity index (χ3v) is 6.09. The molecule has 0 radical (unpaired) electrons. The van der Waals surface area contributed by atoms with E-state index >= 15 is 0 Å². The Labute approximate surface area is 189 Å². The maximum absolute atomic E-state index is 8.00. The SMILES string of the molecule is C=O.CCCCCCCCCN1CCC(NNc2ccccc2-c2ccccc2)CC1. The van der Waals surface area contributed by atoms with Gasteiger partial charge in [0.05, 0.1) is 5.69 Å². The lowest BCUT2D eigenvalue weighted by Crippen LogP contribution is -2.44. The highest BCUT2D eigenvalue weighted by Gasteiger charge is 2.18. The Kier molecular flexibility index (Phi) is 12.6. The molecule has 0 unspecified atom stereocenters. The van der Waals surface area contributed by atoms with E-state index in [-0.39, 0.29) is 0 Å². The number of hydrogen-bond acceptors (Lipinski definition) is 4. The molecule has 2 N–H and O–H groups in total. The molecule has 31 heavy (non-hydrogen) atoms. The van der Waals surface area contributed by atoms with E-state index in [2.05, 4.69) is 77.3 Å². The van der Waals surface area contributed by atoms with Crippen molar-refractivity contribution >= 4 is 12.5 Å². The first-order valence-corrected chi connectivity index (χ1v) is 12.0. The van der Waals surface area contributed by atoms with Gasteiger partial charge >= 0.3 is 0 Å². The van der Waals surface area contributed by atoms with Crippen molar-refractivity contribution in [2.45, 2.75) is 70.8 Å². The van der Waals surface area contributed by atoms with E-state index in [1.54, 1.807) is 0 Å². The molecule has 1 fully saturated rings. The number of nitrogens with zero attached hydrogens (tertiary/aromatic N) is 1. The molecule has 1 saturated heterocycles. The normalized spacial score (nSPS) is 14.6. The molecule has 0 aromatic heterocycles. The molecule has 1 aliphatic rings. The van der Waals surface area contributed by atoms with Crippen LogP contribution in [0.4, 0.5) is 5.69 Å². The van der Waals surface area contributed by atoms with Gasteiger partial charge in [0, 0.05) is 11.6 Å². The fourth-order valence-electron chi connectivity index (χ4n) is 4.23. The number of hydrazine groups is 1. The third-order valence-electron chi connectivity index (χ3n) is 6.09. The fourth-order valence-corrected chi connectivity index (χ4v) is 4.23. The van der Waals surface area contributed by atoms with Crippen LogP contribution >= 0.6 is 0 Å². The molecule has 0 bridgehead atoms. The largest absolute Gasteiger partial charge is 0.321 e. The maximum atomic E-state index is 8.00. The predicted molar refractivity (Wildman–Crippen MR) is 133 cm³/mol. The first-order valence-electron chi connectivity index (χ1n) is 12.0. The smallest absolute Gasteiger partial charge is 0.106 e. The molecular weight excluding hydrogens is 382 g/mol. The summed E-state index contributed by atoms with van der Waals surface area (Å²) in [7, 11) is 0. The number of unbranched alkanes of at least 4 members (excludes halogenated alkanes) is 6. The zero-order chi connectivity index (χ0) is 22.2. The second-order valence-electron chi connectivity index (χ2n) is 8.42. The monoisotopic (exact) mass is 423 g/mol. The maximum Gasteiger partial charge on any atom is 0.106 e. The number of likely N-dealkylation sites (tertiary alicyclic amines) is 1. The van der Waals surface area contributed by atoms with Crippen LogP contribution in [0.25, 0.3) is 11.1 Å². The standard InChI is InChI=1S/C26H39N3.CH2O/c1-2-3-4-5-6-7-13-20-29-21-18-24(19-22-29)27-28-26-17-12-11-16-25(26)23-14-9-8-10-15-23;1-2/h8-12,14-17,24,27-28H,2-7,13,18-22H2,1H3;1H2. The number of hydrogen-bond donors (Lipinski definition) is 2. The summed E-state index contributed by atoms with van der Waals surface area (Å²) in [5, 5.41) is 0. The van der Waals surface area contributed by atoms with Gasteiger partial charge in [-0.2, -0.15) is 0 Å². The van der Waals surface area contributed by atoms with Crippen molar-refractivity contribution in [3.63, 3.8) is 0 Å². The van der Waals surface area contributed by atoms with Gasteiger partial charge in [0.2, 0.25) is 0 Å². The van der Waals surface area contributed by atoms with E-state index in [0.29, 0.717) is 6.04 Å².